The Morgan fingerprint density at radius 1 is 1.17 bits per heavy atom. The lowest BCUT2D eigenvalue weighted by molar-refractivity contribution is 0.101. The maximum atomic E-state index is 12.8. The van der Waals surface area contributed by atoms with Crippen LogP contribution in [0.5, 0.6) is 5.75 Å². The van der Waals surface area contributed by atoms with Gasteiger partial charge in [-0.2, -0.15) is 5.26 Å². The molecule has 0 saturated carbocycles. The van der Waals surface area contributed by atoms with Crippen molar-refractivity contribution in [3.05, 3.63) is 70.5 Å². The first-order chi connectivity index (χ1) is 11.7. The number of hydrogen-bond acceptors (Lipinski definition) is 4. The van der Waals surface area contributed by atoms with Gasteiger partial charge in [0.25, 0.3) is 0 Å². The lowest BCUT2D eigenvalue weighted by Crippen LogP contribution is -2.01. The van der Waals surface area contributed by atoms with Crippen LogP contribution in [0.15, 0.2) is 46.9 Å². The second-order valence-electron chi connectivity index (χ2n) is 5.64. The quantitative estimate of drug-likeness (QED) is 0.663. The lowest BCUT2D eigenvalue weighted by atomic mass is 10.0. The Kier molecular flexibility index (Phi) is 3.21. The van der Waals surface area contributed by atoms with Gasteiger partial charge in [-0.3, -0.25) is 4.79 Å². The molecule has 0 unspecified atom stereocenters. The molecule has 1 aliphatic heterocycles. The number of ketones is 1. The molecule has 1 aromatic heterocycles. The number of benzene rings is 2. The molecule has 0 spiro atoms. The van der Waals surface area contributed by atoms with Crippen LogP contribution in [0, 0.1) is 18.3 Å². The smallest absolute Gasteiger partial charge is 0.228 e. The minimum Gasteiger partial charge on any atom is -0.489 e. The molecule has 0 amide bonds. The predicted molar refractivity (Wildman–Crippen MR) is 90.1 cm³/mol. The predicted octanol–water partition coefficient (Wildman–Crippen LogP) is 4.25. The zero-order valence-electron chi connectivity index (χ0n) is 13.0. The van der Waals surface area contributed by atoms with Crippen molar-refractivity contribution < 1.29 is 13.9 Å². The topological polar surface area (TPSA) is 63.2 Å². The van der Waals surface area contributed by atoms with E-state index in [2.05, 4.69) is 0 Å². The first kappa shape index (κ1) is 14.3. The second kappa shape index (κ2) is 5.39. The molecule has 4 rings (SSSR count). The molecule has 2 aromatic carbocycles. The summed E-state index contributed by atoms with van der Waals surface area (Å²) in [6.07, 6.45) is 3.88. The number of furan rings is 1. The average Bonchev–Trinajstić information content (AvgIpc) is 2.98. The molecule has 0 N–H and O–H groups in total. The van der Waals surface area contributed by atoms with Gasteiger partial charge in [-0.05, 0) is 55.5 Å². The highest BCUT2D eigenvalue weighted by molar-refractivity contribution is 6.11. The summed E-state index contributed by atoms with van der Waals surface area (Å²) < 4.78 is 11.5. The standard InChI is InChI=1S/C20H13NO3/c1-12-15-8-9-17-16(3-2-10-23-17)20(15)24-19(12)18(22)14-6-4-13(11-21)5-7-14/h2-9H,10H2,1H3. The van der Waals surface area contributed by atoms with Crippen LogP contribution in [0.3, 0.4) is 0 Å². The van der Waals surface area contributed by atoms with E-state index in [-0.39, 0.29) is 5.78 Å². The monoisotopic (exact) mass is 315 g/mol. The fourth-order valence-corrected chi connectivity index (χ4v) is 2.92. The highest BCUT2D eigenvalue weighted by atomic mass is 16.5. The summed E-state index contributed by atoms with van der Waals surface area (Å²) in [5.41, 5.74) is 3.35. The van der Waals surface area contributed by atoms with Crippen molar-refractivity contribution >= 4 is 22.8 Å². The molecule has 0 radical (unpaired) electrons. The molecule has 24 heavy (non-hydrogen) atoms. The number of carbonyl (C=O) groups is 1. The summed E-state index contributed by atoms with van der Waals surface area (Å²) in [5.74, 6) is 0.890. The van der Waals surface area contributed by atoms with Crippen molar-refractivity contribution in [3.8, 4) is 11.8 Å². The maximum absolute atomic E-state index is 12.8. The lowest BCUT2D eigenvalue weighted by Gasteiger charge is -2.11. The first-order valence-electron chi connectivity index (χ1n) is 7.59. The van der Waals surface area contributed by atoms with Crippen LogP contribution in [0.1, 0.15) is 32.8 Å². The van der Waals surface area contributed by atoms with Gasteiger partial charge in [-0.25, -0.2) is 0 Å². The van der Waals surface area contributed by atoms with Crippen LogP contribution in [-0.2, 0) is 0 Å². The Balaban J connectivity index is 1.85. The average molecular weight is 315 g/mol. The highest BCUT2D eigenvalue weighted by Gasteiger charge is 2.22. The third kappa shape index (κ3) is 2.10. The Hall–Kier alpha value is -3.32. The van der Waals surface area contributed by atoms with Crippen molar-refractivity contribution in [2.45, 2.75) is 6.92 Å². The van der Waals surface area contributed by atoms with Gasteiger partial charge in [0.2, 0.25) is 5.78 Å². The van der Waals surface area contributed by atoms with E-state index in [9.17, 15) is 4.79 Å². The highest BCUT2D eigenvalue weighted by Crippen LogP contribution is 2.36. The fraction of sp³-hybridized carbons (Fsp3) is 0.100. The number of aryl methyl sites for hydroxylation is 1. The molecule has 1 aliphatic rings. The van der Waals surface area contributed by atoms with E-state index in [1.54, 1.807) is 24.3 Å². The van der Waals surface area contributed by atoms with Gasteiger partial charge in [0, 0.05) is 16.5 Å². The van der Waals surface area contributed by atoms with Crippen LogP contribution in [-0.4, -0.2) is 12.4 Å². The van der Waals surface area contributed by atoms with E-state index in [1.807, 2.05) is 37.3 Å². The van der Waals surface area contributed by atoms with Crippen molar-refractivity contribution in [2.75, 3.05) is 6.61 Å². The molecular weight excluding hydrogens is 302 g/mol. The van der Waals surface area contributed by atoms with Gasteiger partial charge in [0.05, 0.1) is 17.2 Å². The Morgan fingerprint density at radius 3 is 2.71 bits per heavy atom. The number of ether oxygens (including phenoxy) is 1. The summed E-state index contributed by atoms with van der Waals surface area (Å²) >= 11 is 0. The summed E-state index contributed by atoms with van der Waals surface area (Å²) in [6, 6.07) is 12.4. The van der Waals surface area contributed by atoms with Gasteiger partial charge < -0.3 is 9.15 Å². The molecule has 4 heteroatoms. The van der Waals surface area contributed by atoms with Gasteiger partial charge in [-0.1, -0.05) is 0 Å². The number of rotatable bonds is 2. The molecule has 0 atom stereocenters. The minimum absolute atomic E-state index is 0.192. The molecule has 2 heterocycles. The molecule has 0 bridgehead atoms. The summed E-state index contributed by atoms with van der Waals surface area (Å²) in [5, 5.41) is 9.77. The zero-order valence-corrected chi connectivity index (χ0v) is 13.0. The first-order valence-corrected chi connectivity index (χ1v) is 7.59. The fourth-order valence-electron chi connectivity index (χ4n) is 2.92. The Labute approximate surface area is 138 Å². The van der Waals surface area contributed by atoms with Gasteiger partial charge >= 0.3 is 0 Å². The van der Waals surface area contributed by atoms with Crippen LogP contribution >= 0.6 is 0 Å². The van der Waals surface area contributed by atoms with Gasteiger partial charge in [0.15, 0.2) is 5.76 Å². The van der Waals surface area contributed by atoms with Crippen LogP contribution in [0.4, 0.5) is 0 Å². The maximum Gasteiger partial charge on any atom is 0.228 e. The van der Waals surface area contributed by atoms with Crippen LogP contribution in [0.2, 0.25) is 0 Å². The summed E-state index contributed by atoms with van der Waals surface area (Å²) in [7, 11) is 0. The second-order valence-corrected chi connectivity index (χ2v) is 5.64. The SMILES string of the molecule is Cc1c(C(=O)c2ccc(C#N)cc2)oc2c3c(ccc12)OCC=C3. The number of carbonyl (C=O) groups excluding carboxylic acids is 1. The minimum atomic E-state index is -0.192. The van der Waals surface area contributed by atoms with Crippen molar-refractivity contribution in [1.82, 2.24) is 0 Å². The van der Waals surface area contributed by atoms with E-state index in [4.69, 9.17) is 14.4 Å². The Morgan fingerprint density at radius 2 is 1.96 bits per heavy atom. The van der Waals surface area contributed by atoms with E-state index in [0.29, 0.717) is 29.1 Å². The molecule has 3 aromatic rings. The summed E-state index contributed by atoms with van der Waals surface area (Å²) in [6.45, 7) is 2.41. The molecule has 0 saturated heterocycles. The van der Waals surface area contributed by atoms with Crippen molar-refractivity contribution in [2.24, 2.45) is 0 Å². The van der Waals surface area contributed by atoms with Gasteiger partial charge in [-0.15, -0.1) is 0 Å². The molecular formula is C20H13NO3. The number of nitrogens with zero attached hydrogens (tertiary/aromatic N) is 1. The van der Waals surface area contributed by atoms with E-state index < -0.39 is 0 Å². The molecule has 4 nitrogen and oxygen atoms in total. The van der Waals surface area contributed by atoms with Crippen molar-refractivity contribution in [3.63, 3.8) is 0 Å². The summed E-state index contributed by atoms with van der Waals surface area (Å²) in [4.78, 5) is 12.8. The zero-order chi connectivity index (χ0) is 16.7. The van der Waals surface area contributed by atoms with Crippen LogP contribution < -0.4 is 4.74 Å². The van der Waals surface area contributed by atoms with Crippen molar-refractivity contribution in [1.29, 1.82) is 5.26 Å². The normalized spacial score (nSPS) is 12.5. The number of nitriles is 1. The number of hydrogen-bond donors (Lipinski definition) is 0. The molecule has 116 valence electrons. The van der Waals surface area contributed by atoms with Gasteiger partial charge in [0.1, 0.15) is 17.9 Å². The number of fused-ring (bicyclic) bond motifs is 3. The van der Waals surface area contributed by atoms with E-state index >= 15 is 0 Å². The third-order valence-corrected chi connectivity index (χ3v) is 4.21. The Bertz CT molecular complexity index is 1030. The van der Waals surface area contributed by atoms with Crippen LogP contribution in [0.25, 0.3) is 17.0 Å². The van der Waals surface area contributed by atoms with E-state index in [1.165, 1.54) is 0 Å². The van der Waals surface area contributed by atoms with E-state index in [0.717, 1.165) is 22.3 Å². The third-order valence-electron chi connectivity index (χ3n) is 4.21. The molecule has 0 aliphatic carbocycles. The molecule has 0 fully saturated rings. The largest absolute Gasteiger partial charge is 0.489 e.